The molecule has 0 saturated heterocycles. The van der Waals surface area contributed by atoms with Gasteiger partial charge in [0.05, 0.1) is 36.8 Å². The van der Waals surface area contributed by atoms with Crippen LogP contribution < -0.4 is 9.47 Å². The number of nitrogens with zero attached hydrogens (tertiary/aromatic N) is 3. The Morgan fingerprint density at radius 1 is 0.906 bits per heavy atom. The van der Waals surface area contributed by atoms with Gasteiger partial charge in [-0.3, -0.25) is 0 Å². The molecule has 166 valence electrons. The first-order chi connectivity index (χ1) is 15.2. The highest BCUT2D eigenvalue weighted by Crippen LogP contribution is 2.34. The number of carbonyl (C=O) groups excluding carboxylic acids is 1. The number of hydrogen-bond acceptors (Lipinski definition) is 5. The molecule has 0 aliphatic heterocycles. The van der Waals surface area contributed by atoms with Crippen LogP contribution in [0.4, 0.5) is 4.79 Å². The van der Waals surface area contributed by atoms with Gasteiger partial charge in [0.25, 0.3) is 0 Å². The van der Waals surface area contributed by atoms with Crippen molar-refractivity contribution in [2.45, 2.75) is 26.4 Å². The van der Waals surface area contributed by atoms with Gasteiger partial charge in [0, 0.05) is 11.5 Å². The zero-order valence-corrected chi connectivity index (χ0v) is 20.1. The molecule has 2 heterocycles. The third-order valence-corrected chi connectivity index (χ3v) is 5.23. The van der Waals surface area contributed by atoms with Gasteiger partial charge in [0.1, 0.15) is 21.7 Å². The number of ether oxygens (including phenoxy) is 3. The molecule has 0 fully saturated rings. The van der Waals surface area contributed by atoms with Gasteiger partial charge in [-0.15, -0.1) is 0 Å². The molecule has 0 unspecified atom stereocenters. The summed E-state index contributed by atoms with van der Waals surface area (Å²) < 4.78 is 20.4. The van der Waals surface area contributed by atoms with Gasteiger partial charge >= 0.3 is 6.09 Å². The van der Waals surface area contributed by atoms with Crippen molar-refractivity contribution in [3.63, 3.8) is 0 Å². The van der Waals surface area contributed by atoms with Crippen molar-refractivity contribution in [3.05, 3.63) is 59.2 Å². The Morgan fingerprint density at radius 3 is 2.19 bits per heavy atom. The van der Waals surface area contributed by atoms with Crippen molar-refractivity contribution < 1.29 is 19.0 Å². The zero-order chi connectivity index (χ0) is 23.0. The van der Waals surface area contributed by atoms with Gasteiger partial charge in [-0.25, -0.2) is 14.0 Å². The van der Waals surface area contributed by atoms with E-state index in [9.17, 15) is 4.79 Å². The summed E-state index contributed by atoms with van der Waals surface area (Å²) in [6.07, 6.45) is -0.466. The maximum atomic E-state index is 13.3. The molecule has 8 heteroatoms. The van der Waals surface area contributed by atoms with E-state index in [2.05, 4.69) is 21.0 Å². The van der Waals surface area contributed by atoms with Gasteiger partial charge in [-0.1, -0.05) is 0 Å². The molecule has 4 rings (SSSR count). The van der Waals surface area contributed by atoms with Gasteiger partial charge < -0.3 is 14.2 Å². The number of aromatic nitrogens is 3. The maximum absolute atomic E-state index is 13.3. The largest absolute Gasteiger partial charge is 0.497 e. The molecular weight excluding hydrogens is 474 g/mol. The predicted octanol–water partition coefficient (Wildman–Crippen LogP) is 6.06. The van der Waals surface area contributed by atoms with E-state index in [1.165, 1.54) is 0 Å². The summed E-state index contributed by atoms with van der Waals surface area (Å²) in [4.78, 5) is 13.3. The van der Waals surface area contributed by atoms with Crippen molar-refractivity contribution >= 4 is 32.9 Å². The van der Waals surface area contributed by atoms with Crippen LogP contribution in [0.25, 0.3) is 28.0 Å². The average Bonchev–Trinajstić information content (AvgIpc) is 3.32. The lowest BCUT2D eigenvalue weighted by Gasteiger charge is -2.21. The van der Waals surface area contributed by atoms with Crippen LogP contribution >= 0.6 is 15.9 Å². The standard InChI is InChI=1S/C24H24BrN3O4/c1-24(2,3)32-23(29)27-19-11-10-18(31-5)12-15(19)13-20(27)21-14-22(25)26-28(21)16-6-8-17(30-4)9-7-16/h6-14H,1-5H3. The molecule has 4 aromatic rings. The first-order valence-corrected chi connectivity index (χ1v) is 10.8. The summed E-state index contributed by atoms with van der Waals surface area (Å²) in [5.74, 6) is 1.45. The van der Waals surface area contributed by atoms with E-state index >= 15 is 0 Å². The lowest BCUT2D eigenvalue weighted by atomic mass is 10.2. The Labute approximate surface area is 194 Å². The Hall–Kier alpha value is -3.26. The number of hydrogen-bond donors (Lipinski definition) is 0. The fourth-order valence-corrected chi connectivity index (χ4v) is 3.84. The maximum Gasteiger partial charge on any atom is 0.419 e. The Kier molecular flexibility index (Phi) is 5.73. The van der Waals surface area contributed by atoms with Crippen molar-refractivity contribution in [3.8, 4) is 28.6 Å². The van der Waals surface area contributed by atoms with E-state index in [0.29, 0.717) is 21.6 Å². The number of halogens is 1. The fourth-order valence-electron chi connectivity index (χ4n) is 3.47. The molecule has 32 heavy (non-hydrogen) atoms. The normalized spacial score (nSPS) is 11.6. The minimum atomic E-state index is -0.645. The minimum absolute atomic E-state index is 0.466. The van der Waals surface area contributed by atoms with Crippen LogP contribution in [0.3, 0.4) is 0 Å². The van der Waals surface area contributed by atoms with E-state index in [4.69, 9.17) is 14.2 Å². The van der Waals surface area contributed by atoms with Crippen molar-refractivity contribution in [2.24, 2.45) is 0 Å². The number of methoxy groups -OCH3 is 2. The average molecular weight is 498 g/mol. The third kappa shape index (κ3) is 4.23. The molecule has 0 aliphatic carbocycles. The summed E-state index contributed by atoms with van der Waals surface area (Å²) in [6, 6.07) is 16.9. The Morgan fingerprint density at radius 2 is 1.56 bits per heavy atom. The quantitative estimate of drug-likeness (QED) is 0.342. The highest BCUT2D eigenvalue weighted by atomic mass is 79.9. The number of fused-ring (bicyclic) bond motifs is 1. The molecule has 0 aliphatic rings. The molecule has 0 saturated carbocycles. The van der Waals surface area contributed by atoms with Crippen LogP contribution in [0.15, 0.2) is 59.2 Å². The van der Waals surface area contributed by atoms with E-state index < -0.39 is 11.7 Å². The molecule has 0 spiro atoms. The van der Waals surface area contributed by atoms with Gasteiger partial charge in [0.15, 0.2) is 0 Å². The van der Waals surface area contributed by atoms with Gasteiger partial charge in [-0.2, -0.15) is 5.10 Å². The molecular formula is C24H24BrN3O4. The summed E-state index contributed by atoms with van der Waals surface area (Å²) >= 11 is 3.48. The van der Waals surface area contributed by atoms with Crippen molar-refractivity contribution in [1.29, 1.82) is 0 Å². The highest BCUT2D eigenvalue weighted by molar-refractivity contribution is 9.10. The molecule has 0 radical (unpaired) electrons. The predicted molar refractivity (Wildman–Crippen MR) is 127 cm³/mol. The molecule has 2 aromatic heterocycles. The fraction of sp³-hybridized carbons (Fsp3) is 0.250. The third-order valence-electron chi connectivity index (χ3n) is 4.84. The van der Waals surface area contributed by atoms with Crippen LogP contribution in [0.1, 0.15) is 20.8 Å². The molecule has 0 amide bonds. The topological polar surface area (TPSA) is 67.5 Å². The van der Waals surface area contributed by atoms with Crippen LogP contribution in [0, 0.1) is 0 Å². The van der Waals surface area contributed by atoms with Crippen molar-refractivity contribution in [1.82, 2.24) is 14.3 Å². The lowest BCUT2D eigenvalue weighted by molar-refractivity contribution is 0.0547. The van der Waals surface area contributed by atoms with E-state index in [-0.39, 0.29) is 0 Å². The molecule has 7 nitrogen and oxygen atoms in total. The number of benzene rings is 2. The first-order valence-electron chi connectivity index (χ1n) is 10.0. The number of rotatable bonds is 4. The number of carbonyl (C=O) groups is 1. The van der Waals surface area contributed by atoms with Crippen LogP contribution in [0.2, 0.25) is 0 Å². The van der Waals surface area contributed by atoms with E-state index in [0.717, 1.165) is 22.5 Å². The summed E-state index contributed by atoms with van der Waals surface area (Å²) in [6.45, 7) is 5.53. The molecule has 0 atom stereocenters. The SMILES string of the molecule is COc1ccc(-n2nc(Br)cc2-c2cc3cc(OC)ccc3n2C(=O)OC(C)(C)C)cc1. The Bertz CT molecular complexity index is 1280. The minimum Gasteiger partial charge on any atom is -0.497 e. The summed E-state index contributed by atoms with van der Waals surface area (Å²) in [7, 11) is 3.24. The van der Waals surface area contributed by atoms with Gasteiger partial charge in [-0.05, 0) is 85.2 Å². The second kappa shape index (κ2) is 8.35. The molecule has 0 bridgehead atoms. The second-order valence-corrected chi connectivity index (χ2v) is 9.04. The monoisotopic (exact) mass is 497 g/mol. The summed E-state index contributed by atoms with van der Waals surface area (Å²) in [5.41, 5.74) is 2.27. The van der Waals surface area contributed by atoms with E-state index in [1.807, 2.05) is 75.4 Å². The zero-order valence-electron chi connectivity index (χ0n) is 18.5. The second-order valence-electron chi connectivity index (χ2n) is 8.23. The Balaban J connectivity index is 1.94. The highest BCUT2D eigenvalue weighted by Gasteiger charge is 2.25. The van der Waals surface area contributed by atoms with Gasteiger partial charge in [0.2, 0.25) is 0 Å². The summed E-state index contributed by atoms with van der Waals surface area (Å²) in [5, 5.41) is 5.44. The smallest absolute Gasteiger partial charge is 0.419 e. The van der Waals surface area contributed by atoms with Crippen LogP contribution in [-0.4, -0.2) is 40.3 Å². The van der Waals surface area contributed by atoms with Crippen LogP contribution in [0.5, 0.6) is 11.5 Å². The first kappa shape index (κ1) is 22.0. The molecule has 2 aromatic carbocycles. The molecule has 0 N–H and O–H groups in total. The lowest BCUT2D eigenvalue weighted by Crippen LogP contribution is -2.27. The van der Waals surface area contributed by atoms with E-state index in [1.54, 1.807) is 23.5 Å². The van der Waals surface area contributed by atoms with Crippen molar-refractivity contribution in [2.75, 3.05) is 14.2 Å². The van der Waals surface area contributed by atoms with Crippen LogP contribution in [-0.2, 0) is 4.74 Å².